The molecule has 1 aromatic rings. The van der Waals surface area contributed by atoms with Crippen molar-refractivity contribution in [1.82, 2.24) is 31.9 Å². The van der Waals surface area contributed by atoms with Crippen molar-refractivity contribution in [2.45, 2.75) is 109 Å². The number of carbonyl (C=O) groups is 9. The number of thioether (sulfide) groups is 1. The van der Waals surface area contributed by atoms with Gasteiger partial charge in [-0.3, -0.25) is 43.2 Å². The van der Waals surface area contributed by atoms with Crippen LogP contribution in [0.1, 0.15) is 65.9 Å². The Morgan fingerprint density at radius 1 is 0.870 bits per heavy atom. The fourth-order valence-electron chi connectivity index (χ4n) is 5.26. The lowest BCUT2D eigenvalue weighted by Crippen LogP contribution is -2.61. The van der Waals surface area contributed by atoms with Crippen molar-refractivity contribution < 1.29 is 48.3 Å². The number of hydrogen-bond acceptors (Lipinski definition) is 11. The van der Waals surface area contributed by atoms with Gasteiger partial charge in [0.1, 0.15) is 30.2 Å². The lowest BCUT2D eigenvalue weighted by atomic mass is 9.99. The van der Waals surface area contributed by atoms with Gasteiger partial charge in [-0.1, -0.05) is 76.2 Å². The summed E-state index contributed by atoms with van der Waals surface area (Å²) in [6.45, 7) is 8.51. The summed E-state index contributed by atoms with van der Waals surface area (Å²) in [6.07, 6.45) is -1.04. The summed E-state index contributed by atoms with van der Waals surface area (Å²) in [5, 5.41) is 23.7. The first-order valence-corrected chi connectivity index (χ1v) is 18.6. The number of hydrogen-bond donors (Lipinski definition) is 9. The molecule has 18 nitrogen and oxygen atoms in total. The largest absolute Gasteiger partial charge is 0.481 e. The quantitative estimate of drug-likeness (QED) is 0.101. The zero-order chi connectivity index (χ0) is 40.7. The van der Waals surface area contributed by atoms with Crippen LogP contribution in [0, 0.1) is 11.8 Å². The second-order valence-electron chi connectivity index (χ2n) is 13.7. The molecule has 1 saturated heterocycles. The molecule has 8 atom stereocenters. The smallest absolute Gasteiger partial charge is 0.305 e. The molecule has 0 saturated carbocycles. The predicted octanol–water partition coefficient (Wildman–Crippen LogP) is -1.80. The van der Waals surface area contributed by atoms with Gasteiger partial charge < -0.3 is 48.5 Å². The van der Waals surface area contributed by atoms with Crippen molar-refractivity contribution in [1.29, 1.82) is 0 Å². The minimum atomic E-state index is -1.79. The fraction of sp³-hybridized carbons (Fsp3) is 0.571. The highest BCUT2D eigenvalue weighted by atomic mass is 32.2. The zero-order valence-corrected chi connectivity index (χ0v) is 31.8. The summed E-state index contributed by atoms with van der Waals surface area (Å²) in [5.74, 6) is -8.92. The number of carboxylic acids is 1. The van der Waals surface area contributed by atoms with Crippen LogP contribution in [-0.4, -0.2) is 106 Å². The third-order valence-corrected chi connectivity index (χ3v) is 9.68. The van der Waals surface area contributed by atoms with Crippen LogP contribution in [0.15, 0.2) is 30.3 Å². The first-order chi connectivity index (χ1) is 25.3. The topological polar surface area (TPSA) is 298 Å². The second-order valence-corrected chi connectivity index (χ2v) is 14.7. The van der Waals surface area contributed by atoms with E-state index in [0.717, 1.165) is 0 Å². The number of primary amides is 1. The first-order valence-electron chi connectivity index (χ1n) is 17.6. The van der Waals surface area contributed by atoms with Gasteiger partial charge in [-0.25, -0.2) is 0 Å². The molecule has 0 radical (unpaired) electrons. The van der Waals surface area contributed by atoms with Gasteiger partial charge in [0, 0.05) is 12.2 Å². The minimum absolute atomic E-state index is 0.0854. The van der Waals surface area contributed by atoms with Crippen molar-refractivity contribution in [2.75, 3.05) is 5.75 Å². The highest BCUT2D eigenvalue weighted by molar-refractivity contribution is 8.13. The summed E-state index contributed by atoms with van der Waals surface area (Å²) in [6, 6.07) is -1.25. The van der Waals surface area contributed by atoms with E-state index in [1.54, 1.807) is 44.2 Å². The number of aliphatic carboxylic acids is 1. The summed E-state index contributed by atoms with van der Waals surface area (Å²) in [5.41, 5.74) is 12.0. The molecule has 1 heterocycles. The van der Waals surface area contributed by atoms with Crippen LogP contribution in [-0.2, 0) is 49.6 Å². The van der Waals surface area contributed by atoms with Crippen LogP contribution in [0.4, 0.5) is 0 Å². The Morgan fingerprint density at radius 2 is 1.46 bits per heavy atom. The Morgan fingerprint density at radius 3 is 2.04 bits per heavy atom. The zero-order valence-electron chi connectivity index (χ0n) is 31.0. The van der Waals surface area contributed by atoms with Gasteiger partial charge in [0.05, 0.1) is 24.9 Å². The van der Waals surface area contributed by atoms with Crippen LogP contribution in [0.25, 0.3) is 0 Å². The summed E-state index contributed by atoms with van der Waals surface area (Å²) in [7, 11) is 0. The van der Waals surface area contributed by atoms with Gasteiger partial charge in [-0.15, -0.1) is 0 Å². The van der Waals surface area contributed by atoms with E-state index in [2.05, 4.69) is 31.9 Å². The van der Waals surface area contributed by atoms with Crippen molar-refractivity contribution in [2.24, 2.45) is 23.3 Å². The summed E-state index contributed by atoms with van der Waals surface area (Å²) >= 11 is 0.556. The molecule has 298 valence electrons. The normalized spacial score (nSPS) is 23.5. The van der Waals surface area contributed by atoms with E-state index in [4.69, 9.17) is 11.5 Å². The Balaban J connectivity index is 2.58. The van der Waals surface area contributed by atoms with Crippen molar-refractivity contribution >= 4 is 64.2 Å². The molecule has 0 aromatic heterocycles. The molecule has 0 spiro atoms. The standard InChI is InChI=1S/C35H52N8O10S/c1-6-18(4)28(37)34(52)41-22(14-26(36)44)31(49)43-25-16-54-35(53)24(12-17(2)3)42-29(47)19(5)38-30(48)21(13-20-10-8-7-9-11-20)39-32(50)23(15-27(45)46)40-33(25)51/h7-11,17-19,21-25,28H,6,12-16,37H2,1-5H3,(H2,36,44)(H,38,48)(H,39,50)(H,40,51)(H,41,52)(H,42,47)(H,43,49)(H,45,46)/t18-,19-,21-,22-,23-,24-,25-,28-/m0/s1. The van der Waals surface area contributed by atoms with E-state index in [-0.39, 0.29) is 24.7 Å². The van der Waals surface area contributed by atoms with Gasteiger partial charge in [0.25, 0.3) is 0 Å². The monoisotopic (exact) mass is 776 g/mol. The molecule has 1 aromatic carbocycles. The van der Waals surface area contributed by atoms with Crippen molar-refractivity contribution in [3.63, 3.8) is 0 Å². The van der Waals surface area contributed by atoms with Crippen LogP contribution in [0.3, 0.4) is 0 Å². The number of benzene rings is 1. The van der Waals surface area contributed by atoms with E-state index in [0.29, 0.717) is 23.7 Å². The average Bonchev–Trinajstić information content (AvgIpc) is 3.10. The van der Waals surface area contributed by atoms with E-state index in [1.807, 2.05) is 13.8 Å². The molecule has 0 unspecified atom stereocenters. The number of rotatable bonds is 14. The van der Waals surface area contributed by atoms with E-state index >= 15 is 0 Å². The van der Waals surface area contributed by atoms with Crippen molar-refractivity contribution in [3.8, 4) is 0 Å². The predicted molar refractivity (Wildman–Crippen MR) is 198 cm³/mol. The molecule has 19 heteroatoms. The molecule has 2 rings (SSSR count). The van der Waals surface area contributed by atoms with E-state index in [1.165, 1.54) is 6.92 Å². The third-order valence-electron chi connectivity index (χ3n) is 8.61. The van der Waals surface area contributed by atoms with Crippen molar-refractivity contribution in [3.05, 3.63) is 35.9 Å². The molecule has 1 aliphatic heterocycles. The molecule has 0 bridgehead atoms. The lowest BCUT2D eigenvalue weighted by Gasteiger charge is -2.28. The van der Waals surface area contributed by atoms with E-state index in [9.17, 15) is 48.3 Å². The van der Waals surface area contributed by atoms with Gasteiger partial charge in [0.2, 0.25) is 46.5 Å². The van der Waals surface area contributed by atoms with Crippen LogP contribution >= 0.6 is 11.8 Å². The average molecular weight is 777 g/mol. The Bertz CT molecular complexity index is 1540. The Labute approximate surface area is 317 Å². The molecule has 11 N–H and O–H groups in total. The van der Waals surface area contributed by atoms with Gasteiger partial charge in [-0.2, -0.15) is 0 Å². The molecule has 1 fully saturated rings. The van der Waals surface area contributed by atoms with E-state index < -0.39 is 113 Å². The fourth-order valence-corrected chi connectivity index (χ4v) is 6.18. The molecule has 7 amide bonds. The van der Waals surface area contributed by atoms with Crippen LogP contribution in [0.5, 0.6) is 0 Å². The first kappa shape index (κ1) is 45.1. The molecule has 54 heavy (non-hydrogen) atoms. The number of nitrogens with one attached hydrogen (secondary N) is 6. The third kappa shape index (κ3) is 14.8. The number of nitrogens with two attached hydrogens (primary N) is 2. The van der Waals surface area contributed by atoms with Gasteiger partial charge in [0.15, 0.2) is 0 Å². The Hall–Kier alpha value is -5.04. The molecule has 0 aliphatic carbocycles. The summed E-state index contributed by atoms with van der Waals surface area (Å²) in [4.78, 5) is 118. The Kier molecular flexibility index (Phi) is 18.1. The maximum absolute atomic E-state index is 13.8. The molecular formula is C35H52N8O10S. The number of amides is 7. The molecule has 1 aliphatic rings. The van der Waals surface area contributed by atoms with Gasteiger partial charge in [-0.05, 0) is 30.7 Å². The number of carbonyl (C=O) groups excluding carboxylic acids is 8. The van der Waals surface area contributed by atoms with Gasteiger partial charge >= 0.3 is 5.97 Å². The maximum atomic E-state index is 13.8. The summed E-state index contributed by atoms with van der Waals surface area (Å²) < 4.78 is 0. The molecular weight excluding hydrogens is 724 g/mol. The van der Waals surface area contributed by atoms with Crippen LogP contribution in [0.2, 0.25) is 0 Å². The maximum Gasteiger partial charge on any atom is 0.305 e. The SMILES string of the molecule is CC[C@H](C)[C@H](N)C(=O)N[C@@H](CC(N)=O)C(=O)N[C@H]1CSC(=O)[C@H](CC(C)C)NC(=O)[C@H](C)NC(=O)[C@H](Cc2ccccc2)NC(=O)[C@H](CC(=O)O)NC1=O. The highest BCUT2D eigenvalue weighted by Gasteiger charge is 2.36. The lowest BCUT2D eigenvalue weighted by molar-refractivity contribution is -0.141. The highest BCUT2D eigenvalue weighted by Crippen LogP contribution is 2.16. The number of carboxylic acid groups (broad SMARTS) is 1. The second kappa shape index (κ2) is 21.6. The minimum Gasteiger partial charge on any atom is -0.481 e. The van der Waals surface area contributed by atoms with Crippen LogP contribution < -0.4 is 43.4 Å².